The number of benzene rings is 3. The Balaban J connectivity index is 1.37. The van der Waals surface area contributed by atoms with Gasteiger partial charge in [-0.1, -0.05) is 78.5 Å². The van der Waals surface area contributed by atoms with Crippen LogP contribution in [0.15, 0.2) is 96.2 Å². The van der Waals surface area contributed by atoms with Crippen LogP contribution in [0, 0.1) is 13.8 Å². The molecule has 35 heavy (non-hydrogen) atoms. The molecule has 0 saturated carbocycles. The van der Waals surface area contributed by atoms with Gasteiger partial charge in [0.25, 0.3) is 0 Å². The van der Waals surface area contributed by atoms with E-state index in [0.717, 1.165) is 39.8 Å². The number of para-hydroxylation sites is 2. The van der Waals surface area contributed by atoms with E-state index in [1.54, 1.807) is 0 Å². The number of aryl methyl sites for hydroxylation is 1. The first-order chi connectivity index (χ1) is 17.1. The van der Waals surface area contributed by atoms with E-state index in [1.165, 1.54) is 11.8 Å². The number of hydrogen-bond donors (Lipinski definition) is 1. The van der Waals surface area contributed by atoms with Crippen molar-refractivity contribution in [1.82, 2.24) is 24.5 Å². The molecule has 0 radical (unpaired) electrons. The van der Waals surface area contributed by atoms with Gasteiger partial charge in [0.05, 0.1) is 28.5 Å². The summed E-state index contributed by atoms with van der Waals surface area (Å²) in [7, 11) is 0. The third kappa shape index (κ3) is 4.74. The largest absolute Gasteiger partial charge is 0.322 e. The zero-order valence-electron chi connectivity index (χ0n) is 19.4. The van der Waals surface area contributed by atoms with Gasteiger partial charge in [0, 0.05) is 11.3 Å². The molecule has 0 atom stereocenters. The highest BCUT2D eigenvalue weighted by atomic mass is 32.2. The SMILES string of the molecule is Cc1nn(-c2ccccc2)c(C)c1NC(=O)CSc1nnc(-c2ccccc2)n1-c1ccccc1. The minimum Gasteiger partial charge on any atom is -0.322 e. The van der Waals surface area contributed by atoms with Gasteiger partial charge in [-0.25, -0.2) is 4.68 Å². The van der Waals surface area contributed by atoms with Crippen LogP contribution < -0.4 is 5.32 Å². The summed E-state index contributed by atoms with van der Waals surface area (Å²) in [5.41, 5.74) is 5.23. The summed E-state index contributed by atoms with van der Waals surface area (Å²) in [6, 6.07) is 29.7. The number of anilines is 1. The Labute approximate surface area is 207 Å². The van der Waals surface area contributed by atoms with Gasteiger partial charge in [-0.2, -0.15) is 5.10 Å². The second-order valence-corrected chi connectivity index (χ2v) is 8.92. The van der Waals surface area contributed by atoms with Crippen molar-refractivity contribution >= 4 is 23.4 Å². The molecule has 0 aliphatic rings. The molecule has 0 fully saturated rings. The van der Waals surface area contributed by atoms with Gasteiger partial charge in [0.2, 0.25) is 5.91 Å². The number of rotatable bonds is 7. The van der Waals surface area contributed by atoms with Gasteiger partial charge in [-0.3, -0.25) is 9.36 Å². The molecular weight excluding hydrogens is 456 g/mol. The fourth-order valence-electron chi connectivity index (χ4n) is 3.90. The second kappa shape index (κ2) is 9.99. The Morgan fingerprint density at radius 2 is 1.43 bits per heavy atom. The maximum atomic E-state index is 12.9. The van der Waals surface area contributed by atoms with Crippen LogP contribution in [0.25, 0.3) is 22.8 Å². The lowest BCUT2D eigenvalue weighted by Crippen LogP contribution is -2.15. The molecule has 2 aromatic heterocycles. The number of hydrogen-bond acceptors (Lipinski definition) is 5. The molecule has 0 aliphatic carbocycles. The first-order valence-corrected chi connectivity index (χ1v) is 12.2. The molecule has 1 N–H and O–H groups in total. The van der Waals surface area contributed by atoms with Crippen molar-refractivity contribution in [2.75, 3.05) is 11.1 Å². The van der Waals surface area contributed by atoms with Crippen molar-refractivity contribution in [2.45, 2.75) is 19.0 Å². The third-order valence-electron chi connectivity index (χ3n) is 5.57. The van der Waals surface area contributed by atoms with Crippen molar-refractivity contribution in [3.05, 3.63) is 102 Å². The van der Waals surface area contributed by atoms with Crippen molar-refractivity contribution in [1.29, 1.82) is 0 Å². The lowest BCUT2D eigenvalue weighted by molar-refractivity contribution is -0.113. The van der Waals surface area contributed by atoms with Crippen LogP contribution in [0.3, 0.4) is 0 Å². The van der Waals surface area contributed by atoms with Gasteiger partial charge < -0.3 is 5.32 Å². The highest BCUT2D eigenvalue weighted by molar-refractivity contribution is 7.99. The number of aromatic nitrogens is 5. The number of nitrogens with zero attached hydrogens (tertiary/aromatic N) is 5. The van der Waals surface area contributed by atoms with Gasteiger partial charge in [-0.15, -0.1) is 10.2 Å². The van der Waals surface area contributed by atoms with Crippen LogP contribution in [0.4, 0.5) is 5.69 Å². The molecule has 0 spiro atoms. The first kappa shape index (κ1) is 22.6. The summed E-state index contributed by atoms with van der Waals surface area (Å²) < 4.78 is 3.83. The highest BCUT2D eigenvalue weighted by Gasteiger charge is 2.19. The Morgan fingerprint density at radius 3 is 2.09 bits per heavy atom. The lowest BCUT2D eigenvalue weighted by Gasteiger charge is -2.10. The molecule has 0 aliphatic heterocycles. The van der Waals surface area contributed by atoms with Crippen LogP contribution in [-0.4, -0.2) is 36.2 Å². The third-order valence-corrected chi connectivity index (χ3v) is 6.50. The highest BCUT2D eigenvalue weighted by Crippen LogP contribution is 2.28. The number of amides is 1. The van der Waals surface area contributed by atoms with Crippen molar-refractivity contribution in [3.63, 3.8) is 0 Å². The van der Waals surface area contributed by atoms with E-state index in [2.05, 4.69) is 20.6 Å². The van der Waals surface area contributed by atoms with Gasteiger partial charge in [-0.05, 0) is 38.1 Å². The van der Waals surface area contributed by atoms with E-state index < -0.39 is 0 Å². The van der Waals surface area contributed by atoms with Crippen molar-refractivity contribution in [3.8, 4) is 22.8 Å². The van der Waals surface area contributed by atoms with Crippen LogP contribution in [0.1, 0.15) is 11.4 Å². The van der Waals surface area contributed by atoms with Crippen molar-refractivity contribution in [2.24, 2.45) is 0 Å². The Bertz CT molecular complexity index is 1450. The smallest absolute Gasteiger partial charge is 0.234 e. The summed E-state index contributed by atoms with van der Waals surface area (Å²) in [5.74, 6) is 0.794. The summed E-state index contributed by atoms with van der Waals surface area (Å²) in [6.07, 6.45) is 0. The van der Waals surface area contributed by atoms with Crippen LogP contribution in [-0.2, 0) is 4.79 Å². The monoisotopic (exact) mass is 480 g/mol. The average molecular weight is 481 g/mol. The van der Waals surface area contributed by atoms with Gasteiger partial charge >= 0.3 is 0 Å². The molecule has 5 rings (SSSR count). The van der Waals surface area contributed by atoms with Gasteiger partial charge in [0.1, 0.15) is 0 Å². The van der Waals surface area contributed by atoms with E-state index in [1.807, 2.05) is 114 Å². The maximum absolute atomic E-state index is 12.9. The fraction of sp³-hybridized carbons (Fsp3) is 0.111. The van der Waals surface area contributed by atoms with Crippen LogP contribution >= 0.6 is 11.8 Å². The zero-order valence-corrected chi connectivity index (χ0v) is 20.2. The summed E-state index contributed by atoms with van der Waals surface area (Å²) in [5, 5.41) is 17.1. The summed E-state index contributed by atoms with van der Waals surface area (Å²) in [4.78, 5) is 12.9. The van der Waals surface area contributed by atoms with E-state index in [9.17, 15) is 4.79 Å². The van der Waals surface area contributed by atoms with Gasteiger partial charge in [0.15, 0.2) is 11.0 Å². The first-order valence-electron chi connectivity index (χ1n) is 11.2. The van der Waals surface area contributed by atoms with Crippen LogP contribution in [0.5, 0.6) is 0 Å². The topological polar surface area (TPSA) is 77.6 Å². The van der Waals surface area contributed by atoms with Crippen molar-refractivity contribution < 1.29 is 4.79 Å². The molecular formula is C27H24N6OS. The molecule has 0 unspecified atom stereocenters. The standard InChI is InChI=1S/C27H24N6OS/c1-19-25(20(2)33(31-19)23-16-10-5-11-17-23)28-24(34)18-35-27-30-29-26(21-12-6-3-7-13-21)32(27)22-14-8-4-9-15-22/h3-17H,18H2,1-2H3,(H,28,34). The number of carbonyl (C=O) groups excluding carboxylic acids is 1. The molecule has 7 nitrogen and oxygen atoms in total. The predicted octanol–water partition coefficient (Wildman–Crippen LogP) is 5.47. The molecule has 174 valence electrons. The average Bonchev–Trinajstić information content (AvgIpc) is 3.45. The summed E-state index contributed by atoms with van der Waals surface area (Å²) in [6.45, 7) is 3.85. The number of nitrogens with one attached hydrogen (secondary N) is 1. The molecule has 2 heterocycles. The molecule has 1 amide bonds. The maximum Gasteiger partial charge on any atom is 0.234 e. The zero-order chi connectivity index (χ0) is 24.2. The predicted molar refractivity (Wildman–Crippen MR) is 139 cm³/mol. The second-order valence-electron chi connectivity index (χ2n) is 7.97. The Hall–Kier alpha value is -4.17. The minimum atomic E-state index is -0.127. The molecule has 8 heteroatoms. The lowest BCUT2D eigenvalue weighted by atomic mass is 10.2. The van der Waals surface area contributed by atoms with E-state index in [4.69, 9.17) is 0 Å². The van der Waals surface area contributed by atoms with E-state index in [-0.39, 0.29) is 11.7 Å². The van der Waals surface area contributed by atoms with E-state index in [0.29, 0.717) is 5.16 Å². The molecule has 5 aromatic rings. The summed E-state index contributed by atoms with van der Waals surface area (Å²) >= 11 is 1.35. The quantitative estimate of drug-likeness (QED) is 0.313. The fourth-order valence-corrected chi connectivity index (χ4v) is 4.65. The van der Waals surface area contributed by atoms with E-state index >= 15 is 0 Å². The molecule has 0 bridgehead atoms. The Kier molecular flexibility index (Phi) is 6.45. The molecule has 0 saturated heterocycles. The molecule has 3 aromatic carbocycles. The Morgan fingerprint density at radius 1 is 0.829 bits per heavy atom. The van der Waals surface area contributed by atoms with Crippen LogP contribution in [0.2, 0.25) is 0 Å². The minimum absolute atomic E-state index is 0.127. The number of carbonyl (C=O) groups is 1. The number of thioether (sulfide) groups is 1. The normalized spacial score (nSPS) is 10.9.